The van der Waals surface area contributed by atoms with Gasteiger partial charge in [-0.15, -0.1) is 0 Å². The summed E-state index contributed by atoms with van der Waals surface area (Å²) in [7, 11) is 0. The van der Waals surface area contributed by atoms with Crippen molar-refractivity contribution >= 4 is 22.8 Å². The number of ketones is 1. The van der Waals surface area contributed by atoms with Crippen molar-refractivity contribution in [1.29, 1.82) is 0 Å². The number of H-pyrrole nitrogens is 1. The maximum absolute atomic E-state index is 12.2. The van der Waals surface area contributed by atoms with Gasteiger partial charge in [0, 0.05) is 24.9 Å². The summed E-state index contributed by atoms with van der Waals surface area (Å²) in [6.45, 7) is 2.43. The zero-order valence-corrected chi connectivity index (χ0v) is 13.8. The Labute approximate surface area is 143 Å². The van der Waals surface area contributed by atoms with Gasteiger partial charge in [0.2, 0.25) is 5.91 Å². The van der Waals surface area contributed by atoms with Crippen LogP contribution in [0, 0.1) is 6.92 Å². The number of benzene rings is 2. The van der Waals surface area contributed by atoms with E-state index in [9.17, 15) is 14.4 Å². The first-order valence-electron chi connectivity index (χ1n) is 8.00. The third-order valence-electron chi connectivity index (χ3n) is 4.06. The third kappa shape index (κ3) is 4.03. The number of rotatable bonds is 6. The standard InChI is InChI=1S/C19H18N2O4/c1-12-4-2-3-5-14(12)11-20-18(23)9-8-16(22)13-6-7-15-17(10-13)25-19(24)21-15/h2-7,10H,8-9,11H2,1H3,(H,20,23)(H,21,24). The van der Waals surface area contributed by atoms with E-state index in [0.29, 0.717) is 23.2 Å². The molecule has 0 aliphatic heterocycles. The fraction of sp³-hybridized carbons (Fsp3) is 0.211. The van der Waals surface area contributed by atoms with Crippen molar-refractivity contribution in [2.45, 2.75) is 26.3 Å². The minimum absolute atomic E-state index is 0.0970. The number of carbonyl (C=O) groups is 2. The van der Waals surface area contributed by atoms with Crippen LogP contribution in [0.15, 0.2) is 51.7 Å². The highest BCUT2D eigenvalue weighted by molar-refractivity contribution is 6.00. The summed E-state index contributed by atoms with van der Waals surface area (Å²) >= 11 is 0. The van der Waals surface area contributed by atoms with Crippen LogP contribution in [-0.4, -0.2) is 16.7 Å². The van der Waals surface area contributed by atoms with Gasteiger partial charge in [-0.2, -0.15) is 0 Å². The average molecular weight is 338 g/mol. The summed E-state index contributed by atoms with van der Waals surface area (Å²) in [6, 6.07) is 12.6. The summed E-state index contributed by atoms with van der Waals surface area (Å²) in [5.41, 5.74) is 3.45. The molecule has 0 radical (unpaired) electrons. The molecule has 0 aliphatic carbocycles. The van der Waals surface area contributed by atoms with Gasteiger partial charge in [-0.25, -0.2) is 4.79 Å². The first-order chi connectivity index (χ1) is 12.0. The van der Waals surface area contributed by atoms with Crippen molar-refractivity contribution in [2.24, 2.45) is 0 Å². The molecule has 0 fully saturated rings. The molecule has 3 rings (SSSR count). The second kappa shape index (κ2) is 7.17. The lowest BCUT2D eigenvalue weighted by Crippen LogP contribution is -2.23. The summed E-state index contributed by atoms with van der Waals surface area (Å²) in [4.78, 5) is 37.8. The van der Waals surface area contributed by atoms with Crippen LogP contribution in [0.4, 0.5) is 0 Å². The van der Waals surface area contributed by atoms with Crippen LogP contribution in [0.25, 0.3) is 11.1 Å². The number of Topliss-reactive ketones (excluding diaryl/α,β-unsaturated/α-hetero) is 1. The Morgan fingerprint density at radius 1 is 1.12 bits per heavy atom. The Balaban J connectivity index is 1.54. The molecule has 2 aromatic carbocycles. The molecule has 128 valence electrons. The lowest BCUT2D eigenvalue weighted by atomic mass is 10.1. The molecule has 6 heteroatoms. The number of carbonyl (C=O) groups excluding carboxylic acids is 2. The first-order valence-corrected chi connectivity index (χ1v) is 8.00. The second-order valence-corrected chi connectivity index (χ2v) is 5.85. The lowest BCUT2D eigenvalue weighted by molar-refractivity contribution is -0.121. The number of hydrogen-bond donors (Lipinski definition) is 2. The van der Waals surface area contributed by atoms with Crippen LogP contribution < -0.4 is 11.1 Å². The fourth-order valence-corrected chi connectivity index (χ4v) is 2.58. The van der Waals surface area contributed by atoms with Crippen molar-refractivity contribution < 1.29 is 14.0 Å². The van der Waals surface area contributed by atoms with Gasteiger partial charge >= 0.3 is 5.76 Å². The van der Waals surface area contributed by atoms with Gasteiger partial charge in [0.15, 0.2) is 11.4 Å². The highest BCUT2D eigenvalue weighted by Gasteiger charge is 2.11. The average Bonchev–Trinajstić information content (AvgIpc) is 2.98. The van der Waals surface area contributed by atoms with E-state index in [0.717, 1.165) is 11.1 Å². The molecule has 0 saturated heterocycles. The van der Waals surface area contributed by atoms with Gasteiger partial charge in [0.05, 0.1) is 5.52 Å². The monoisotopic (exact) mass is 338 g/mol. The van der Waals surface area contributed by atoms with E-state index in [1.165, 1.54) is 6.07 Å². The van der Waals surface area contributed by atoms with Gasteiger partial charge in [-0.1, -0.05) is 24.3 Å². The van der Waals surface area contributed by atoms with Crippen molar-refractivity contribution in [2.75, 3.05) is 0 Å². The maximum Gasteiger partial charge on any atom is 0.417 e. The van der Waals surface area contributed by atoms with Crippen LogP contribution in [0.2, 0.25) is 0 Å². The zero-order chi connectivity index (χ0) is 17.8. The number of aromatic amines is 1. The molecule has 25 heavy (non-hydrogen) atoms. The smallest absolute Gasteiger partial charge is 0.408 e. The molecular weight excluding hydrogens is 320 g/mol. The Kier molecular flexibility index (Phi) is 4.79. The summed E-state index contributed by atoms with van der Waals surface area (Å²) in [5.74, 6) is -0.905. The predicted octanol–water partition coefficient (Wildman–Crippen LogP) is 2.71. The molecular formula is C19H18N2O4. The van der Waals surface area contributed by atoms with E-state index < -0.39 is 5.76 Å². The molecule has 0 unspecified atom stereocenters. The largest absolute Gasteiger partial charge is 0.417 e. The fourth-order valence-electron chi connectivity index (χ4n) is 2.58. The minimum atomic E-state index is -0.560. The van der Waals surface area contributed by atoms with Crippen molar-refractivity contribution in [1.82, 2.24) is 10.3 Å². The molecule has 3 aromatic rings. The van der Waals surface area contributed by atoms with Crippen LogP contribution >= 0.6 is 0 Å². The van der Waals surface area contributed by atoms with E-state index in [1.54, 1.807) is 12.1 Å². The molecule has 6 nitrogen and oxygen atoms in total. The van der Waals surface area contributed by atoms with Gasteiger partial charge in [-0.05, 0) is 36.2 Å². The summed E-state index contributed by atoms with van der Waals surface area (Å²) < 4.78 is 4.94. The van der Waals surface area contributed by atoms with Gasteiger partial charge in [-0.3, -0.25) is 14.6 Å². The maximum atomic E-state index is 12.2. The number of aromatic nitrogens is 1. The predicted molar refractivity (Wildman–Crippen MR) is 93.4 cm³/mol. The van der Waals surface area contributed by atoms with Gasteiger partial charge < -0.3 is 9.73 Å². The van der Waals surface area contributed by atoms with Crippen molar-refractivity contribution in [3.8, 4) is 0 Å². The van der Waals surface area contributed by atoms with Crippen molar-refractivity contribution in [3.05, 3.63) is 69.7 Å². The first kappa shape index (κ1) is 16.7. The van der Waals surface area contributed by atoms with Crippen LogP contribution in [0.3, 0.4) is 0 Å². The van der Waals surface area contributed by atoms with Gasteiger partial charge in [0.25, 0.3) is 0 Å². The molecule has 1 aromatic heterocycles. The second-order valence-electron chi connectivity index (χ2n) is 5.85. The van der Waals surface area contributed by atoms with Crippen molar-refractivity contribution in [3.63, 3.8) is 0 Å². The number of hydrogen-bond acceptors (Lipinski definition) is 4. The highest BCUT2D eigenvalue weighted by Crippen LogP contribution is 2.14. The molecule has 1 amide bonds. The zero-order valence-electron chi connectivity index (χ0n) is 13.8. The van der Waals surface area contributed by atoms with Crippen LogP contribution in [0.5, 0.6) is 0 Å². The molecule has 0 saturated carbocycles. The van der Waals surface area contributed by atoms with E-state index in [2.05, 4.69) is 10.3 Å². The number of nitrogens with one attached hydrogen (secondary N) is 2. The Morgan fingerprint density at radius 2 is 1.92 bits per heavy atom. The molecule has 2 N–H and O–H groups in total. The minimum Gasteiger partial charge on any atom is -0.408 e. The number of aryl methyl sites for hydroxylation is 1. The summed E-state index contributed by atoms with van der Waals surface area (Å²) in [6.07, 6.45) is 0.208. The Morgan fingerprint density at radius 3 is 2.72 bits per heavy atom. The SMILES string of the molecule is Cc1ccccc1CNC(=O)CCC(=O)c1ccc2[nH]c(=O)oc2c1. The van der Waals surface area contributed by atoms with E-state index in [4.69, 9.17) is 4.42 Å². The third-order valence-corrected chi connectivity index (χ3v) is 4.06. The van der Waals surface area contributed by atoms with Gasteiger partial charge in [0.1, 0.15) is 0 Å². The van der Waals surface area contributed by atoms with E-state index in [1.807, 2.05) is 31.2 Å². The quantitative estimate of drug-likeness (QED) is 0.676. The molecule has 0 aliphatic rings. The van der Waals surface area contributed by atoms with E-state index >= 15 is 0 Å². The molecule has 0 spiro atoms. The van der Waals surface area contributed by atoms with E-state index in [-0.39, 0.29) is 24.5 Å². The molecule has 1 heterocycles. The number of oxazole rings is 1. The summed E-state index contributed by atoms with van der Waals surface area (Å²) in [5, 5.41) is 2.82. The normalized spacial score (nSPS) is 10.8. The van der Waals surface area contributed by atoms with Crippen LogP contribution in [0.1, 0.15) is 34.3 Å². The highest BCUT2D eigenvalue weighted by atomic mass is 16.4. The Hall–Kier alpha value is -3.15. The van der Waals surface area contributed by atoms with Crippen LogP contribution in [-0.2, 0) is 11.3 Å². The Bertz CT molecular complexity index is 984. The molecule has 0 bridgehead atoms. The number of fused-ring (bicyclic) bond motifs is 1. The molecule has 0 atom stereocenters. The number of amides is 1. The topological polar surface area (TPSA) is 92.2 Å². The lowest BCUT2D eigenvalue weighted by Gasteiger charge is -2.07.